The van der Waals surface area contributed by atoms with Gasteiger partial charge in [-0.25, -0.2) is 4.98 Å². The third-order valence-corrected chi connectivity index (χ3v) is 6.42. The SMILES string of the molecule is O=C(COc1ccc(Cl)cc1)NC1CC(NC(=O)COc2cccc(C(F)(F)F)n2)C2CCC12. The van der Waals surface area contributed by atoms with Crippen LogP contribution in [0, 0.1) is 11.8 Å². The molecule has 2 aliphatic carbocycles. The molecule has 1 heterocycles. The zero-order valence-electron chi connectivity index (χ0n) is 18.0. The minimum absolute atomic E-state index is 0.0866. The van der Waals surface area contributed by atoms with Crippen molar-refractivity contribution in [2.75, 3.05) is 13.2 Å². The van der Waals surface area contributed by atoms with Crippen molar-refractivity contribution < 1.29 is 32.2 Å². The minimum Gasteiger partial charge on any atom is -0.484 e. The lowest BCUT2D eigenvalue weighted by atomic mass is 9.73. The molecule has 4 rings (SSSR count). The Morgan fingerprint density at radius 2 is 1.53 bits per heavy atom. The van der Waals surface area contributed by atoms with E-state index in [0.29, 0.717) is 17.2 Å². The Kier molecular flexibility index (Phi) is 7.16. The van der Waals surface area contributed by atoms with E-state index in [0.717, 1.165) is 18.9 Å². The molecule has 2 fully saturated rings. The van der Waals surface area contributed by atoms with E-state index in [2.05, 4.69) is 15.6 Å². The molecule has 4 atom stereocenters. The normalized spacial score (nSPS) is 23.4. The lowest BCUT2D eigenvalue weighted by Gasteiger charge is -2.36. The van der Waals surface area contributed by atoms with Crippen molar-refractivity contribution in [3.8, 4) is 11.6 Å². The van der Waals surface area contributed by atoms with Crippen molar-refractivity contribution in [2.24, 2.45) is 11.8 Å². The van der Waals surface area contributed by atoms with Crippen molar-refractivity contribution >= 4 is 23.4 Å². The van der Waals surface area contributed by atoms with Gasteiger partial charge in [-0.05, 0) is 61.4 Å². The van der Waals surface area contributed by atoms with Crippen LogP contribution in [0.25, 0.3) is 0 Å². The molecule has 2 aliphatic rings. The van der Waals surface area contributed by atoms with Crippen LogP contribution in [0.4, 0.5) is 13.2 Å². The molecule has 2 aromatic rings. The van der Waals surface area contributed by atoms with Gasteiger partial charge in [0.1, 0.15) is 11.4 Å². The molecule has 2 amide bonds. The predicted molar refractivity (Wildman–Crippen MR) is 116 cm³/mol. The Labute approximate surface area is 199 Å². The fourth-order valence-corrected chi connectivity index (χ4v) is 4.60. The summed E-state index contributed by atoms with van der Waals surface area (Å²) in [6.45, 7) is -0.585. The van der Waals surface area contributed by atoms with Crippen molar-refractivity contribution in [3.05, 3.63) is 53.2 Å². The van der Waals surface area contributed by atoms with Crippen molar-refractivity contribution in [1.29, 1.82) is 0 Å². The largest absolute Gasteiger partial charge is 0.484 e. The molecule has 2 N–H and O–H groups in total. The van der Waals surface area contributed by atoms with E-state index < -0.39 is 24.4 Å². The van der Waals surface area contributed by atoms with Gasteiger partial charge in [-0.2, -0.15) is 13.2 Å². The maximum Gasteiger partial charge on any atom is 0.433 e. The molecule has 1 aromatic carbocycles. The molecule has 0 spiro atoms. The molecule has 0 bridgehead atoms. The van der Waals surface area contributed by atoms with E-state index in [-0.39, 0.29) is 42.3 Å². The zero-order chi connectivity index (χ0) is 24.3. The number of nitrogens with zero attached hydrogens (tertiary/aromatic N) is 1. The number of carbonyl (C=O) groups is 2. The Hall–Kier alpha value is -3.01. The Morgan fingerprint density at radius 1 is 0.941 bits per heavy atom. The van der Waals surface area contributed by atoms with Crippen LogP contribution in [0.1, 0.15) is 25.0 Å². The number of rotatable bonds is 8. The molecule has 182 valence electrons. The van der Waals surface area contributed by atoms with Gasteiger partial charge in [-0.3, -0.25) is 9.59 Å². The molecule has 2 saturated carbocycles. The standard InChI is InChI=1S/C23H23ClF3N3O4/c24-13-4-6-14(7-5-13)33-11-20(31)28-17-10-18(16-9-8-15(16)17)29-21(32)12-34-22-3-1-2-19(30-22)23(25,26)27/h1-7,15-18H,8-12H2,(H,28,31)(H,29,32). The van der Waals surface area contributed by atoms with Gasteiger partial charge in [-0.15, -0.1) is 0 Å². The smallest absolute Gasteiger partial charge is 0.433 e. The average molecular weight is 498 g/mol. The number of halogens is 4. The number of aromatic nitrogens is 1. The molecule has 34 heavy (non-hydrogen) atoms. The molecule has 4 unspecified atom stereocenters. The van der Waals surface area contributed by atoms with E-state index >= 15 is 0 Å². The summed E-state index contributed by atoms with van der Waals surface area (Å²) in [7, 11) is 0. The van der Waals surface area contributed by atoms with Crippen LogP contribution in [0.2, 0.25) is 5.02 Å². The minimum atomic E-state index is -4.59. The van der Waals surface area contributed by atoms with Crippen molar-refractivity contribution in [1.82, 2.24) is 15.6 Å². The highest BCUT2D eigenvalue weighted by atomic mass is 35.5. The number of pyridine rings is 1. The van der Waals surface area contributed by atoms with Gasteiger partial charge in [0.05, 0.1) is 0 Å². The van der Waals surface area contributed by atoms with Crippen LogP contribution < -0.4 is 20.1 Å². The summed E-state index contributed by atoms with van der Waals surface area (Å²) in [5, 5.41) is 6.44. The summed E-state index contributed by atoms with van der Waals surface area (Å²) < 4.78 is 48.9. The maximum atomic E-state index is 12.8. The van der Waals surface area contributed by atoms with Crippen LogP contribution in [-0.2, 0) is 15.8 Å². The summed E-state index contributed by atoms with van der Waals surface area (Å²) in [5.74, 6) is 0.0510. The molecule has 0 aliphatic heterocycles. The summed E-state index contributed by atoms with van der Waals surface area (Å²) in [6, 6.07) is 9.72. The third kappa shape index (κ3) is 5.91. The van der Waals surface area contributed by atoms with Gasteiger partial charge >= 0.3 is 6.18 Å². The molecular formula is C23H23ClF3N3O4. The zero-order valence-corrected chi connectivity index (χ0v) is 18.7. The topological polar surface area (TPSA) is 89.6 Å². The van der Waals surface area contributed by atoms with Gasteiger partial charge in [-0.1, -0.05) is 17.7 Å². The Balaban J connectivity index is 1.23. The van der Waals surface area contributed by atoms with Crippen LogP contribution in [-0.4, -0.2) is 42.1 Å². The van der Waals surface area contributed by atoms with E-state index in [9.17, 15) is 22.8 Å². The first-order chi connectivity index (χ1) is 16.2. The van der Waals surface area contributed by atoms with Gasteiger partial charge in [0, 0.05) is 23.2 Å². The number of carbonyl (C=O) groups excluding carboxylic acids is 2. The number of nitrogens with one attached hydrogen (secondary N) is 2. The Morgan fingerprint density at radius 3 is 2.09 bits per heavy atom. The predicted octanol–water partition coefficient (Wildman–Crippen LogP) is 3.61. The third-order valence-electron chi connectivity index (χ3n) is 6.17. The summed E-state index contributed by atoms with van der Waals surface area (Å²) in [4.78, 5) is 28.1. The highest BCUT2D eigenvalue weighted by molar-refractivity contribution is 6.30. The second-order valence-electron chi connectivity index (χ2n) is 8.38. The van der Waals surface area contributed by atoms with Crippen molar-refractivity contribution in [3.63, 3.8) is 0 Å². The maximum absolute atomic E-state index is 12.8. The number of hydrogen-bond acceptors (Lipinski definition) is 5. The number of fused-ring (bicyclic) bond motifs is 1. The van der Waals surface area contributed by atoms with E-state index in [1.807, 2.05) is 0 Å². The van der Waals surface area contributed by atoms with E-state index in [1.165, 1.54) is 12.1 Å². The van der Waals surface area contributed by atoms with Gasteiger partial charge in [0.25, 0.3) is 11.8 Å². The fraction of sp³-hybridized carbons (Fsp3) is 0.435. The lowest BCUT2D eigenvalue weighted by molar-refractivity contribution is -0.141. The first kappa shape index (κ1) is 24.1. The number of benzene rings is 1. The number of hydrogen-bond donors (Lipinski definition) is 2. The van der Waals surface area contributed by atoms with Gasteiger partial charge in [0.2, 0.25) is 5.88 Å². The number of amides is 2. The van der Waals surface area contributed by atoms with Crippen molar-refractivity contribution in [2.45, 2.75) is 37.5 Å². The first-order valence-electron chi connectivity index (χ1n) is 10.8. The molecule has 11 heteroatoms. The van der Waals surface area contributed by atoms with Gasteiger partial charge < -0.3 is 20.1 Å². The average Bonchev–Trinajstić information content (AvgIpc) is 2.98. The summed E-state index contributed by atoms with van der Waals surface area (Å²) >= 11 is 5.83. The van der Waals surface area contributed by atoms with Crippen LogP contribution in [0.15, 0.2) is 42.5 Å². The van der Waals surface area contributed by atoms with Crippen LogP contribution in [0.5, 0.6) is 11.6 Å². The number of alkyl halides is 3. The molecule has 7 nitrogen and oxygen atoms in total. The van der Waals surface area contributed by atoms with E-state index in [4.69, 9.17) is 21.1 Å². The molecule has 1 aromatic heterocycles. The molecular weight excluding hydrogens is 475 g/mol. The van der Waals surface area contributed by atoms with Crippen LogP contribution in [0.3, 0.4) is 0 Å². The summed E-state index contributed by atoms with van der Waals surface area (Å²) in [6.07, 6.45) is -2.15. The Bertz CT molecular complexity index is 1030. The monoisotopic (exact) mass is 497 g/mol. The highest BCUT2D eigenvalue weighted by Gasteiger charge is 2.49. The lowest BCUT2D eigenvalue weighted by Crippen LogP contribution is -2.44. The molecule has 0 saturated heterocycles. The number of ether oxygens (including phenoxy) is 2. The summed E-state index contributed by atoms with van der Waals surface area (Å²) in [5.41, 5.74) is -1.09. The van der Waals surface area contributed by atoms with Crippen LogP contribution >= 0.6 is 11.6 Å². The first-order valence-corrected chi connectivity index (χ1v) is 11.2. The fourth-order valence-electron chi connectivity index (χ4n) is 4.47. The second-order valence-corrected chi connectivity index (χ2v) is 8.82. The second kappa shape index (κ2) is 10.1. The quantitative estimate of drug-likeness (QED) is 0.581. The highest BCUT2D eigenvalue weighted by Crippen LogP contribution is 2.47. The van der Waals surface area contributed by atoms with Gasteiger partial charge in [0.15, 0.2) is 13.2 Å². The molecule has 0 radical (unpaired) electrons. The van der Waals surface area contributed by atoms with E-state index in [1.54, 1.807) is 24.3 Å².